The van der Waals surface area contributed by atoms with Gasteiger partial charge in [0.25, 0.3) is 11.8 Å². The van der Waals surface area contributed by atoms with Crippen LogP contribution in [0.2, 0.25) is 0 Å². The smallest absolute Gasteiger partial charge is 0.331 e. The molecule has 3 rings (SSSR count). The first-order valence-electron chi connectivity index (χ1n) is 8.81. The van der Waals surface area contributed by atoms with E-state index in [1.165, 1.54) is 51.7 Å². The second kappa shape index (κ2) is 8.64. The molecule has 1 heterocycles. The number of nitrogens with zero attached hydrogens (tertiary/aromatic N) is 1. The number of rotatable bonds is 6. The lowest BCUT2D eigenvalue weighted by molar-refractivity contribution is -0.130. The summed E-state index contributed by atoms with van der Waals surface area (Å²) < 4.78 is 29.0. The predicted octanol–water partition coefficient (Wildman–Crippen LogP) is 2.51. The molecule has 0 aromatic heterocycles. The molecule has 9 heteroatoms. The van der Waals surface area contributed by atoms with Gasteiger partial charge < -0.3 is 14.2 Å². The molecular formula is C21H19FN2O6. The molecule has 0 spiro atoms. The first kappa shape index (κ1) is 20.8. The van der Waals surface area contributed by atoms with Gasteiger partial charge in [-0.05, 0) is 35.9 Å². The van der Waals surface area contributed by atoms with Crippen LogP contribution in [0.1, 0.15) is 11.1 Å². The van der Waals surface area contributed by atoms with Crippen molar-refractivity contribution in [3.05, 3.63) is 58.9 Å². The van der Waals surface area contributed by atoms with Crippen molar-refractivity contribution in [2.75, 3.05) is 21.3 Å². The summed E-state index contributed by atoms with van der Waals surface area (Å²) in [5.74, 6) is -1.11. The Bertz CT molecular complexity index is 1030. The van der Waals surface area contributed by atoms with E-state index in [0.717, 1.165) is 4.90 Å². The minimum atomic E-state index is -0.856. The number of hydrogen-bond donors (Lipinski definition) is 1. The second-order valence-corrected chi connectivity index (χ2v) is 6.26. The Morgan fingerprint density at radius 2 is 1.60 bits per heavy atom. The van der Waals surface area contributed by atoms with Crippen LogP contribution in [0.15, 0.2) is 42.0 Å². The van der Waals surface area contributed by atoms with Gasteiger partial charge in [0.2, 0.25) is 5.75 Å². The van der Waals surface area contributed by atoms with Crippen molar-refractivity contribution in [1.29, 1.82) is 0 Å². The molecule has 4 amide bonds. The van der Waals surface area contributed by atoms with Gasteiger partial charge in [-0.15, -0.1) is 0 Å². The largest absolute Gasteiger partial charge is 0.493 e. The summed E-state index contributed by atoms with van der Waals surface area (Å²) in [7, 11) is 4.30. The first-order valence-corrected chi connectivity index (χ1v) is 8.81. The van der Waals surface area contributed by atoms with Gasteiger partial charge in [0.1, 0.15) is 11.4 Å². The van der Waals surface area contributed by atoms with E-state index in [4.69, 9.17) is 14.2 Å². The number of amides is 4. The molecule has 0 aliphatic carbocycles. The summed E-state index contributed by atoms with van der Waals surface area (Å²) in [6.45, 7) is -0.126. The predicted molar refractivity (Wildman–Crippen MR) is 105 cm³/mol. The number of benzene rings is 2. The molecule has 0 atom stereocenters. The molecule has 0 bridgehead atoms. The number of barbiturate groups is 1. The Morgan fingerprint density at radius 3 is 2.20 bits per heavy atom. The maximum Gasteiger partial charge on any atom is 0.331 e. The zero-order chi connectivity index (χ0) is 21.8. The number of halogens is 1. The molecule has 0 unspecified atom stereocenters. The topological polar surface area (TPSA) is 94.2 Å². The summed E-state index contributed by atoms with van der Waals surface area (Å²) in [4.78, 5) is 38.3. The SMILES string of the molecule is COc1ccc(/C=C2/C(=O)NC(=O)N(Cc3ccc(F)cc3)C2=O)c(OC)c1OC. The Balaban J connectivity index is 1.99. The van der Waals surface area contributed by atoms with E-state index < -0.39 is 23.7 Å². The van der Waals surface area contributed by atoms with Crippen molar-refractivity contribution < 1.29 is 33.0 Å². The molecular weight excluding hydrogens is 395 g/mol. The molecule has 1 saturated heterocycles. The lowest BCUT2D eigenvalue weighted by Crippen LogP contribution is -2.53. The van der Waals surface area contributed by atoms with Crippen LogP contribution in [0.4, 0.5) is 9.18 Å². The van der Waals surface area contributed by atoms with Crippen LogP contribution in [0.25, 0.3) is 6.08 Å². The number of imide groups is 2. The Morgan fingerprint density at radius 1 is 0.933 bits per heavy atom. The number of urea groups is 1. The van der Waals surface area contributed by atoms with E-state index in [1.54, 1.807) is 12.1 Å². The quantitative estimate of drug-likeness (QED) is 0.577. The monoisotopic (exact) mass is 414 g/mol. The van der Waals surface area contributed by atoms with Crippen LogP contribution in [0.5, 0.6) is 17.2 Å². The molecule has 1 N–H and O–H groups in total. The highest BCUT2D eigenvalue weighted by Crippen LogP contribution is 2.40. The Labute approximate surface area is 171 Å². The summed E-state index contributed by atoms with van der Waals surface area (Å²) in [5, 5.41) is 2.14. The highest BCUT2D eigenvalue weighted by Gasteiger charge is 2.36. The number of carbonyl (C=O) groups is 3. The normalized spacial score (nSPS) is 15.3. The Hall–Kier alpha value is -3.88. The number of methoxy groups -OCH3 is 3. The average Bonchev–Trinajstić information content (AvgIpc) is 2.74. The standard InChI is InChI=1S/C21H19FN2O6/c1-28-16-9-6-13(17(29-2)18(16)30-3)10-15-19(25)23-21(27)24(20(15)26)11-12-4-7-14(22)8-5-12/h4-10H,11H2,1-3H3,(H,23,25,27)/b15-10-. The third-order valence-corrected chi connectivity index (χ3v) is 4.47. The van der Waals surface area contributed by atoms with Gasteiger partial charge in [0.05, 0.1) is 27.9 Å². The van der Waals surface area contributed by atoms with Gasteiger partial charge in [-0.3, -0.25) is 19.8 Å². The fourth-order valence-electron chi connectivity index (χ4n) is 3.00. The zero-order valence-electron chi connectivity index (χ0n) is 16.5. The third-order valence-electron chi connectivity index (χ3n) is 4.47. The van der Waals surface area contributed by atoms with Gasteiger partial charge in [-0.25, -0.2) is 9.18 Å². The molecule has 0 saturated carbocycles. The van der Waals surface area contributed by atoms with Crippen LogP contribution in [-0.2, 0) is 16.1 Å². The van der Waals surface area contributed by atoms with Gasteiger partial charge in [0, 0.05) is 5.56 Å². The zero-order valence-corrected chi connectivity index (χ0v) is 16.5. The first-order chi connectivity index (χ1) is 14.4. The molecule has 156 valence electrons. The van der Waals surface area contributed by atoms with Crippen LogP contribution < -0.4 is 19.5 Å². The van der Waals surface area contributed by atoms with Crippen LogP contribution >= 0.6 is 0 Å². The molecule has 1 aliphatic heterocycles. The van der Waals surface area contributed by atoms with Crippen molar-refractivity contribution in [3.63, 3.8) is 0 Å². The summed E-state index contributed by atoms with van der Waals surface area (Å²) in [6.07, 6.45) is 1.31. The average molecular weight is 414 g/mol. The molecule has 1 aliphatic rings. The molecule has 2 aromatic rings. The number of nitrogens with one attached hydrogen (secondary N) is 1. The Kier molecular flexibility index (Phi) is 6.01. The van der Waals surface area contributed by atoms with Gasteiger partial charge in [-0.2, -0.15) is 0 Å². The van der Waals surface area contributed by atoms with Crippen LogP contribution in [0.3, 0.4) is 0 Å². The highest BCUT2D eigenvalue weighted by molar-refractivity contribution is 6.31. The molecule has 1 fully saturated rings. The van der Waals surface area contributed by atoms with Gasteiger partial charge >= 0.3 is 6.03 Å². The lowest BCUT2D eigenvalue weighted by Gasteiger charge is -2.26. The molecule has 2 aromatic carbocycles. The van der Waals surface area contributed by atoms with Crippen molar-refractivity contribution in [3.8, 4) is 17.2 Å². The van der Waals surface area contributed by atoms with Gasteiger partial charge in [0.15, 0.2) is 11.5 Å². The van der Waals surface area contributed by atoms with Crippen molar-refractivity contribution in [1.82, 2.24) is 10.2 Å². The number of hydrogen-bond acceptors (Lipinski definition) is 6. The maximum atomic E-state index is 13.1. The van der Waals surface area contributed by atoms with E-state index in [-0.39, 0.29) is 23.6 Å². The number of carbonyl (C=O) groups excluding carboxylic acids is 3. The van der Waals surface area contributed by atoms with E-state index >= 15 is 0 Å². The number of ether oxygens (including phenoxy) is 3. The summed E-state index contributed by atoms with van der Waals surface area (Å²) in [5.41, 5.74) is 0.643. The summed E-state index contributed by atoms with van der Waals surface area (Å²) >= 11 is 0. The molecule has 8 nitrogen and oxygen atoms in total. The van der Waals surface area contributed by atoms with Crippen LogP contribution in [-0.4, -0.2) is 44.1 Å². The minimum absolute atomic E-state index is 0.126. The van der Waals surface area contributed by atoms with E-state index in [2.05, 4.69) is 5.32 Å². The highest BCUT2D eigenvalue weighted by atomic mass is 19.1. The van der Waals surface area contributed by atoms with E-state index in [0.29, 0.717) is 16.9 Å². The fourth-order valence-corrected chi connectivity index (χ4v) is 3.00. The molecule has 0 radical (unpaired) electrons. The third kappa shape index (κ3) is 3.95. The minimum Gasteiger partial charge on any atom is -0.493 e. The molecule has 30 heavy (non-hydrogen) atoms. The van der Waals surface area contributed by atoms with E-state index in [9.17, 15) is 18.8 Å². The summed E-state index contributed by atoms with van der Waals surface area (Å²) in [6, 6.07) is 7.68. The van der Waals surface area contributed by atoms with Crippen molar-refractivity contribution in [2.24, 2.45) is 0 Å². The lowest BCUT2D eigenvalue weighted by atomic mass is 10.0. The maximum absolute atomic E-state index is 13.1. The van der Waals surface area contributed by atoms with Crippen LogP contribution in [0, 0.1) is 5.82 Å². The second-order valence-electron chi connectivity index (χ2n) is 6.26. The van der Waals surface area contributed by atoms with Crippen molar-refractivity contribution >= 4 is 23.9 Å². The van der Waals surface area contributed by atoms with Gasteiger partial charge in [-0.1, -0.05) is 12.1 Å². The fraction of sp³-hybridized carbons (Fsp3) is 0.190. The van der Waals surface area contributed by atoms with Crippen molar-refractivity contribution in [2.45, 2.75) is 6.54 Å². The van der Waals surface area contributed by atoms with E-state index in [1.807, 2.05) is 0 Å².